The maximum absolute atomic E-state index is 14.7. The summed E-state index contributed by atoms with van der Waals surface area (Å²) in [5.41, 5.74) is 6.91. The first kappa shape index (κ1) is 32.6. The molecule has 6 aromatic rings. The highest BCUT2D eigenvalue weighted by molar-refractivity contribution is 7.07. The van der Waals surface area contributed by atoms with Gasteiger partial charge in [-0.25, -0.2) is 9.79 Å². The van der Waals surface area contributed by atoms with Crippen LogP contribution in [-0.4, -0.2) is 35.9 Å². The number of thiazole rings is 1. The number of methoxy groups -OCH3 is 2. The number of hydrogen-bond donors (Lipinski definition) is 0. The van der Waals surface area contributed by atoms with Crippen LogP contribution >= 0.6 is 11.3 Å². The van der Waals surface area contributed by atoms with Crippen LogP contribution in [0.15, 0.2) is 136 Å². The van der Waals surface area contributed by atoms with Crippen molar-refractivity contribution in [1.82, 2.24) is 9.13 Å². The van der Waals surface area contributed by atoms with Crippen LogP contribution in [0.4, 0.5) is 0 Å². The third-order valence-electron chi connectivity index (χ3n) is 8.70. The monoisotopic (exact) mass is 681 g/mol. The second-order valence-corrected chi connectivity index (χ2v) is 12.7. The lowest BCUT2D eigenvalue weighted by molar-refractivity contribution is -0.139. The van der Waals surface area contributed by atoms with Crippen molar-refractivity contribution >= 4 is 23.4 Å². The predicted molar refractivity (Wildman–Crippen MR) is 197 cm³/mol. The summed E-state index contributed by atoms with van der Waals surface area (Å²) in [5.74, 6) is 0.519. The van der Waals surface area contributed by atoms with E-state index in [0.29, 0.717) is 32.1 Å². The Kier molecular flexibility index (Phi) is 9.06. The van der Waals surface area contributed by atoms with E-state index in [-0.39, 0.29) is 17.7 Å². The van der Waals surface area contributed by atoms with Crippen LogP contribution in [0.25, 0.3) is 34.3 Å². The third-order valence-corrected chi connectivity index (χ3v) is 9.68. The predicted octanol–water partition coefficient (Wildman–Crippen LogP) is 6.94. The zero-order chi connectivity index (χ0) is 34.8. The fourth-order valence-electron chi connectivity index (χ4n) is 6.47. The van der Waals surface area contributed by atoms with E-state index in [0.717, 1.165) is 33.8 Å². The van der Waals surface area contributed by atoms with Crippen LogP contribution < -0.4 is 24.4 Å². The summed E-state index contributed by atoms with van der Waals surface area (Å²) in [6.45, 7) is 3.70. The van der Waals surface area contributed by atoms with E-state index in [1.807, 2.05) is 66.7 Å². The molecule has 250 valence electrons. The van der Waals surface area contributed by atoms with Gasteiger partial charge in [0.1, 0.15) is 17.5 Å². The second kappa shape index (κ2) is 13.9. The SMILES string of the molecule is CCOC(=O)C1=C(C)N=c2s/c(=C\c3cc(-c4ccccc4)n(-c4ccccc4)c3-c3ccccc3)c(=O)n2[C@H]1c1ccc(OC)cc1OC. The smallest absolute Gasteiger partial charge is 0.338 e. The second-order valence-electron chi connectivity index (χ2n) is 11.6. The number of ether oxygens (including phenoxy) is 3. The minimum Gasteiger partial charge on any atom is -0.497 e. The molecule has 50 heavy (non-hydrogen) atoms. The van der Waals surface area contributed by atoms with Crippen molar-refractivity contribution in [3.63, 3.8) is 0 Å². The van der Waals surface area contributed by atoms with Gasteiger partial charge < -0.3 is 18.8 Å². The number of rotatable bonds is 9. The van der Waals surface area contributed by atoms with Gasteiger partial charge in [-0.1, -0.05) is 90.2 Å². The zero-order valence-corrected chi connectivity index (χ0v) is 28.9. The lowest BCUT2D eigenvalue weighted by Gasteiger charge is -2.26. The van der Waals surface area contributed by atoms with Crippen molar-refractivity contribution in [2.45, 2.75) is 19.9 Å². The quantitative estimate of drug-likeness (QED) is 0.155. The molecular formula is C41H35N3O5S. The molecule has 1 aliphatic heterocycles. The minimum atomic E-state index is -0.837. The van der Waals surface area contributed by atoms with Gasteiger partial charge in [0.15, 0.2) is 4.80 Å². The molecule has 4 aromatic carbocycles. The number of aromatic nitrogens is 2. The molecule has 0 amide bonds. The lowest BCUT2D eigenvalue weighted by atomic mass is 9.95. The molecule has 3 heterocycles. The lowest BCUT2D eigenvalue weighted by Crippen LogP contribution is -2.40. The first-order chi connectivity index (χ1) is 24.4. The molecule has 0 unspecified atom stereocenters. The number of para-hydroxylation sites is 1. The molecule has 0 N–H and O–H groups in total. The Hall–Kier alpha value is -5.93. The number of allylic oxidation sites excluding steroid dienone is 1. The maximum atomic E-state index is 14.7. The molecule has 0 aliphatic carbocycles. The standard InChI is InChI=1S/C41H35N3O5S/c1-5-49-40(46)36-26(2)42-41-44(38(36)32-22-21-31(47-3)25-34(32)48-4)39(45)35(50-41)24-29-23-33(27-15-9-6-10-16-27)43(30-19-13-8-14-20-30)37(29)28-17-11-7-12-18-28/h6-25,38H,5H2,1-4H3/b35-24-/t38-/m0/s1. The number of nitrogens with zero attached hydrogens (tertiary/aromatic N) is 3. The van der Waals surface area contributed by atoms with E-state index < -0.39 is 12.0 Å². The molecule has 0 saturated heterocycles. The topological polar surface area (TPSA) is 84.1 Å². The molecule has 2 aromatic heterocycles. The van der Waals surface area contributed by atoms with Crippen molar-refractivity contribution < 1.29 is 19.0 Å². The highest BCUT2D eigenvalue weighted by Gasteiger charge is 2.35. The van der Waals surface area contributed by atoms with Gasteiger partial charge in [-0.05, 0) is 61.4 Å². The number of carbonyl (C=O) groups is 1. The van der Waals surface area contributed by atoms with Crippen LogP contribution in [-0.2, 0) is 9.53 Å². The molecule has 0 bridgehead atoms. The van der Waals surface area contributed by atoms with Gasteiger partial charge in [-0.3, -0.25) is 9.36 Å². The van der Waals surface area contributed by atoms with E-state index in [1.165, 1.54) is 11.3 Å². The van der Waals surface area contributed by atoms with Gasteiger partial charge in [-0.15, -0.1) is 0 Å². The Bertz CT molecular complexity index is 2410. The molecule has 8 nitrogen and oxygen atoms in total. The van der Waals surface area contributed by atoms with Gasteiger partial charge in [0.05, 0.1) is 48.0 Å². The van der Waals surface area contributed by atoms with Crippen molar-refractivity contribution in [2.24, 2.45) is 4.99 Å². The molecule has 0 spiro atoms. The van der Waals surface area contributed by atoms with E-state index >= 15 is 0 Å². The molecule has 0 radical (unpaired) electrons. The van der Waals surface area contributed by atoms with Crippen molar-refractivity contribution in [2.75, 3.05) is 20.8 Å². The summed E-state index contributed by atoms with van der Waals surface area (Å²) in [7, 11) is 3.12. The minimum absolute atomic E-state index is 0.177. The first-order valence-electron chi connectivity index (χ1n) is 16.3. The summed E-state index contributed by atoms with van der Waals surface area (Å²) in [6, 6.07) is 37.2. The molecule has 1 atom stereocenters. The fraction of sp³-hybridized carbons (Fsp3) is 0.146. The molecule has 0 fully saturated rings. The van der Waals surface area contributed by atoms with Crippen LogP contribution in [0.3, 0.4) is 0 Å². The molecule has 0 saturated carbocycles. The molecule has 9 heteroatoms. The van der Waals surface area contributed by atoms with E-state index in [1.54, 1.807) is 44.8 Å². The van der Waals surface area contributed by atoms with E-state index in [2.05, 4.69) is 47.0 Å². The van der Waals surface area contributed by atoms with Crippen LogP contribution in [0.1, 0.15) is 31.0 Å². The van der Waals surface area contributed by atoms with Crippen LogP contribution in [0, 0.1) is 0 Å². The average Bonchev–Trinajstić information content (AvgIpc) is 3.68. The van der Waals surface area contributed by atoms with Crippen molar-refractivity contribution in [1.29, 1.82) is 0 Å². The molecule has 7 rings (SSSR count). The Morgan fingerprint density at radius 3 is 2.16 bits per heavy atom. The zero-order valence-electron chi connectivity index (χ0n) is 28.1. The Labute approximate surface area is 293 Å². The van der Waals surface area contributed by atoms with Gasteiger partial charge in [0.2, 0.25) is 0 Å². The third kappa shape index (κ3) is 5.86. The van der Waals surface area contributed by atoms with E-state index in [4.69, 9.17) is 19.2 Å². The van der Waals surface area contributed by atoms with Crippen molar-refractivity contribution in [3.8, 4) is 39.7 Å². The Morgan fingerprint density at radius 2 is 1.52 bits per heavy atom. The van der Waals surface area contributed by atoms with Gasteiger partial charge in [0, 0.05) is 22.9 Å². The van der Waals surface area contributed by atoms with Crippen LogP contribution in [0.2, 0.25) is 0 Å². The summed E-state index contributed by atoms with van der Waals surface area (Å²) >= 11 is 1.29. The van der Waals surface area contributed by atoms with E-state index in [9.17, 15) is 9.59 Å². The highest BCUT2D eigenvalue weighted by atomic mass is 32.1. The Morgan fingerprint density at radius 1 is 0.860 bits per heavy atom. The summed E-state index contributed by atoms with van der Waals surface area (Å²) in [5, 5.41) is 0. The molecular weight excluding hydrogens is 647 g/mol. The van der Waals surface area contributed by atoms with Gasteiger partial charge in [0.25, 0.3) is 5.56 Å². The summed E-state index contributed by atoms with van der Waals surface area (Å²) in [4.78, 5) is 33.4. The average molecular weight is 682 g/mol. The summed E-state index contributed by atoms with van der Waals surface area (Å²) in [6.07, 6.45) is 1.93. The van der Waals surface area contributed by atoms with Crippen molar-refractivity contribution in [3.05, 3.63) is 157 Å². The van der Waals surface area contributed by atoms with Gasteiger partial charge in [-0.2, -0.15) is 0 Å². The highest BCUT2D eigenvalue weighted by Crippen LogP contribution is 2.39. The number of fused-ring (bicyclic) bond motifs is 1. The van der Waals surface area contributed by atoms with Gasteiger partial charge >= 0.3 is 5.97 Å². The number of esters is 1. The fourth-order valence-corrected chi connectivity index (χ4v) is 7.51. The summed E-state index contributed by atoms with van der Waals surface area (Å²) < 4.78 is 21.0. The first-order valence-corrected chi connectivity index (χ1v) is 17.1. The number of benzene rings is 4. The molecule has 1 aliphatic rings. The largest absolute Gasteiger partial charge is 0.497 e. The van der Waals surface area contributed by atoms with Crippen LogP contribution in [0.5, 0.6) is 11.5 Å². The maximum Gasteiger partial charge on any atom is 0.338 e. The number of hydrogen-bond acceptors (Lipinski definition) is 7. The normalized spacial score (nSPS) is 14.2. The number of carbonyl (C=O) groups excluding carboxylic acids is 1. The Balaban J connectivity index is 1.51.